The zero-order valence-electron chi connectivity index (χ0n) is 10.7. The molecule has 0 aromatic heterocycles. The summed E-state index contributed by atoms with van der Waals surface area (Å²) < 4.78 is 1.09. The summed E-state index contributed by atoms with van der Waals surface area (Å²) in [5.41, 5.74) is -0.0256. The molecule has 0 spiro atoms. The van der Waals surface area contributed by atoms with Crippen LogP contribution in [0.25, 0.3) is 0 Å². The third-order valence-electron chi connectivity index (χ3n) is 3.76. The predicted molar refractivity (Wildman–Crippen MR) is 80.0 cm³/mol. The molecule has 1 N–H and O–H groups in total. The zero-order chi connectivity index (χ0) is 14.0. The van der Waals surface area contributed by atoms with Crippen LogP contribution in [0.1, 0.15) is 30.1 Å². The topological polar surface area (TPSA) is 57.6 Å². The molecule has 2 rings (SSSR count). The van der Waals surface area contributed by atoms with Crippen LogP contribution in [-0.2, 0) is 4.79 Å². The molecule has 0 bridgehead atoms. The molecule has 1 saturated heterocycles. The number of benzene rings is 1. The van der Waals surface area contributed by atoms with Gasteiger partial charge in [0.1, 0.15) is 0 Å². The Bertz CT molecular complexity index is 490. The Kier molecular flexibility index (Phi) is 4.13. The number of halogens is 1. The lowest BCUT2D eigenvalue weighted by Crippen LogP contribution is -2.45. The SMILES string of the molecule is CC1(C(=O)O)CCN(C(=O)c2ccc(I)cc2)CC1. The van der Waals surface area contributed by atoms with Gasteiger partial charge in [-0.05, 0) is 66.6 Å². The van der Waals surface area contributed by atoms with Gasteiger partial charge in [0.05, 0.1) is 5.41 Å². The molecule has 19 heavy (non-hydrogen) atoms. The molecule has 1 aliphatic heterocycles. The summed E-state index contributed by atoms with van der Waals surface area (Å²) in [4.78, 5) is 25.2. The van der Waals surface area contributed by atoms with Crippen LogP contribution in [0.5, 0.6) is 0 Å². The number of carbonyl (C=O) groups is 2. The van der Waals surface area contributed by atoms with Gasteiger partial charge >= 0.3 is 5.97 Å². The van der Waals surface area contributed by atoms with Crippen molar-refractivity contribution in [2.45, 2.75) is 19.8 Å². The lowest BCUT2D eigenvalue weighted by Gasteiger charge is -2.36. The number of hydrogen-bond donors (Lipinski definition) is 1. The van der Waals surface area contributed by atoms with Gasteiger partial charge in [0.25, 0.3) is 5.91 Å². The fourth-order valence-corrected chi connectivity index (χ4v) is 2.55. The van der Waals surface area contributed by atoms with E-state index in [1.807, 2.05) is 24.3 Å². The number of aliphatic carboxylic acids is 1. The van der Waals surface area contributed by atoms with Gasteiger partial charge in [-0.3, -0.25) is 9.59 Å². The predicted octanol–water partition coefficient (Wildman–Crippen LogP) is 2.62. The minimum Gasteiger partial charge on any atom is -0.481 e. The molecule has 4 nitrogen and oxygen atoms in total. The standard InChI is InChI=1S/C14H16INO3/c1-14(13(18)19)6-8-16(9-7-14)12(17)10-2-4-11(15)5-3-10/h2-5H,6-9H2,1H3,(H,18,19). The Morgan fingerprint density at radius 2 is 1.74 bits per heavy atom. The molecule has 102 valence electrons. The second kappa shape index (κ2) is 5.48. The first-order chi connectivity index (χ1) is 8.92. The second-order valence-corrected chi connectivity index (χ2v) is 6.41. The van der Waals surface area contributed by atoms with E-state index in [0.717, 1.165) is 3.57 Å². The molecular formula is C14H16INO3. The lowest BCUT2D eigenvalue weighted by atomic mass is 9.80. The van der Waals surface area contributed by atoms with Crippen molar-refractivity contribution < 1.29 is 14.7 Å². The number of hydrogen-bond acceptors (Lipinski definition) is 2. The van der Waals surface area contributed by atoms with Crippen LogP contribution < -0.4 is 0 Å². The highest BCUT2D eigenvalue weighted by atomic mass is 127. The molecule has 0 saturated carbocycles. The Morgan fingerprint density at radius 3 is 2.21 bits per heavy atom. The zero-order valence-corrected chi connectivity index (χ0v) is 12.9. The summed E-state index contributed by atoms with van der Waals surface area (Å²) in [6, 6.07) is 7.43. The van der Waals surface area contributed by atoms with E-state index in [-0.39, 0.29) is 5.91 Å². The van der Waals surface area contributed by atoms with Gasteiger partial charge in [-0.15, -0.1) is 0 Å². The molecule has 0 unspecified atom stereocenters. The monoisotopic (exact) mass is 373 g/mol. The van der Waals surface area contributed by atoms with Gasteiger partial charge < -0.3 is 10.0 Å². The number of amides is 1. The number of carbonyl (C=O) groups excluding carboxylic acids is 1. The molecule has 5 heteroatoms. The third-order valence-corrected chi connectivity index (χ3v) is 4.48. The molecule has 0 aliphatic carbocycles. The third kappa shape index (κ3) is 3.08. The summed E-state index contributed by atoms with van der Waals surface area (Å²) in [7, 11) is 0. The fraction of sp³-hybridized carbons (Fsp3) is 0.429. The summed E-state index contributed by atoms with van der Waals surface area (Å²) in [6.07, 6.45) is 1.02. The van der Waals surface area contributed by atoms with E-state index in [1.54, 1.807) is 11.8 Å². The summed E-state index contributed by atoms with van der Waals surface area (Å²) in [6.45, 7) is 2.77. The van der Waals surface area contributed by atoms with Crippen LogP contribution >= 0.6 is 22.6 Å². The number of carboxylic acid groups (broad SMARTS) is 1. The average Bonchev–Trinajstić information content (AvgIpc) is 2.39. The summed E-state index contributed by atoms with van der Waals surface area (Å²) in [5.74, 6) is -0.780. The van der Waals surface area contributed by atoms with Crippen molar-refractivity contribution in [2.24, 2.45) is 5.41 Å². The highest BCUT2D eigenvalue weighted by Crippen LogP contribution is 2.31. The molecule has 1 amide bonds. The average molecular weight is 373 g/mol. The van der Waals surface area contributed by atoms with Crippen molar-refractivity contribution in [1.29, 1.82) is 0 Å². The van der Waals surface area contributed by atoms with Gasteiger partial charge in [0.2, 0.25) is 0 Å². The fourth-order valence-electron chi connectivity index (χ4n) is 2.19. The Hall–Kier alpha value is -1.11. The van der Waals surface area contributed by atoms with E-state index >= 15 is 0 Å². The number of likely N-dealkylation sites (tertiary alicyclic amines) is 1. The van der Waals surface area contributed by atoms with Crippen molar-refractivity contribution >= 4 is 34.5 Å². The molecule has 1 fully saturated rings. The van der Waals surface area contributed by atoms with Crippen LogP contribution in [0.2, 0.25) is 0 Å². The molecule has 1 heterocycles. The van der Waals surface area contributed by atoms with Crippen LogP contribution in [-0.4, -0.2) is 35.0 Å². The normalized spacial score (nSPS) is 18.1. The van der Waals surface area contributed by atoms with Crippen molar-refractivity contribution in [3.05, 3.63) is 33.4 Å². The maximum Gasteiger partial charge on any atom is 0.309 e. The lowest BCUT2D eigenvalue weighted by molar-refractivity contribution is -0.150. The maximum atomic E-state index is 12.3. The van der Waals surface area contributed by atoms with E-state index in [4.69, 9.17) is 5.11 Å². The first-order valence-corrected chi connectivity index (χ1v) is 7.28. The van der Waals surface area contributed by atoms with Crippen LogP contribution in [0.15, 0.2) is 24.3 Å². The minimum atomic E-state index is -0.770. The van der Waals surface area contributed by atoms with Crippen molar-refractivity contribution in [2.75, 3.05) is 13.1 Å². The van der Waals surface area contributed by atoms with Gasteiger partial charge in [0, 0.05) is 22.2 Å². The number of rotatable bonds is 2. The van der Waals surface area contributed by atoms with E-state index in [2.05, 4.69) is 22.6 Å². The molecule has 1 aromatic rings. The largest absolute Gasteiger partial charge is 0.481 e. The van der Waals surface area contributed by atoms with Gasteiger partial charge in [0.15, 0.2) is 0 Å². The van der Waals surface area contributed by atoms with Gasteiger partial charge in [-0.2, -0.15) is 0 Å². The van der Waals surface area contributed by atoms with Gasteiger partial charge in [-0.25, -0.2) is 0 Å². The van der Waals surface area contributed by atoms with E-state index < -0.39 is 11.4 Å². The number of carboxylic acids is 1. The Labute approximate surface area is 125 Å². The summed E-state index contributed by atoms with van der Waals surface area (Å²) >= 11 is 2.20. The van der Waals surface area contributed by atoms with E-state index in [1.165, 1.54) is 0 Å². The molecule has 0 atom stereocenters. The highest BCUT2D eigenvalue weighted by molar-refractivity contribution is 14.1. The minimum absolute atomic E-state index is 0.0103. The van der Waals surface area contributed by atoms with E-state index in [0.29, 0.717) is 31.5 Å². The van der Waals surface area contributed by atoms with Crippen molar-refractivity contribution in [3.8, 4) is 0 Å². The quantitative estimate of drug-likeness (QED) is 0.811. The maximum absolute atomic E-state index is 12.3. The Balaban J connectivity index is 2.04. The summed E-state index contributed by atoms with van der Waals surface area (Å²) in [5, 5.41) is 9.17. The van der Waals surface area contributed by atoms with Crippen LogP contribution in [0.4, 0.5) is 0 Å². The van der Waals surface area contributed by atoms with Crippen molar-refractivity contribution in [1.82, 2.24) is 4.90 Å². The Morgan fingerprint density at radius 1 is 1.21 bits per heavy atom. The number of nitrogens with zero attached hydrogens (tertiary/aromatic N) is 1. The van der Waals surface area contributed by atoms with Crippen molar-refractivity contribution in [3.63, 3.8) is 0 Å². The molecule has 1 aliphatic rings. The molecule has 0 radical (unpaired) electrons. The van der Waals surface area contributed by atoms with Crippen LogP contribution in [0.3, 0.4) is 0 Å². The first-order valence-electron chi connectivity index (χ1n) is 6.21. The second-order valence-electron chi connectivity index (χ2n) is 5.16. The first kappa shape index (κ1) is 14.3. The smallest absolute Gasteiger partial charge is 0.309 e. The highest BCUT2D eigenvalue weighted by Gasteiger charge is 2.38. The molecule has 1 aromatic carbocycles. The van der Waals surface area contributed by atoms with Gasteiger partial charge in [-0.1, -0.05) is 0 Å². The number of piperidine rings is 1. The molecular weight excluding hydrogens is 357 g/mol. The van der Waals surface area contributed by atoms with E-state index in [9.17, 15) is 9.59 Å². The van der Waals surface area contributed by atoms with Crippen LogP contribution in [0, 0.1) is 8.99 Å².